The Labute approximate surface area is 287 Å². The lowest BCUT2D eigenvalue weighted by Crippen LogP contribution is -2.60. The molecule has 1 saturated heterocycles. The lowest BCUT2D eigenvalue weighted by atomic mass is 9.85. The van der Waals surface area contributed by atoms with Gasteiger partial charge in [-0.05, 0) is 49.5 Å². The molecule has 1 saturated carbocycles. The van der Waals surface area contributed by atoms with Crippen LogP contribution in [-0.2, 0) is 35.3 Å². The van der Waals surface area contributed by atoms with Crippen LogP contribution in [0, 0.1) is 17.3 Å². The van der Waals surface area contributed by atoms with E-state index in [1.165, 1.54) is 31.1 Å². The third-order valence-corrected chi connectivity index (χ3v) is 8.14. The first kappa shape index (κ1) is 44.0. The van der Waals surface area contributed by atoms with Crippen LogP contribution in [0.4, 0.5) is 4.79 Å². The van der Waals surface area contributed by atoms with Gasteiger partial charge in [-0.25, -0.2) is 4.79 Å². The molecule has 3 unspecified atom stereocenters. The fraction of sp³-hybridized carbons (Fsp3) is 0.667. The second-order valence-electron chi connectivity index (χ2n) is 13.5. The summed E-state index contributed by atoms with van der Waals surface area (Å²) in [6.07, 6.45) is 5.49. The molecule has 2 fully saturated rings. The van der Waals surface area contributed by atoms with E-state index >= 15 is 0 Å². The number of hydrogen-bond donors (Lipinski definition) is 4. The number of benzene rings is 1. The zero-order valence-electron chi connectivity index (χ0n) is 30.8. The van der Waals surface area contributed by atoms with Crippen molar-refractivity contribution in [2.75, 3.05) is 6.54 Å². The molecule has 12 heteroatoms. The number of nitrogens with one attached hydrogen (secondary N) is 3. The summed E-state index contributed by atoms with van der Waals surface area (Å²) in [5.74, 6) is -1.65. The first-order chi connectivity index (χ1) is 22.5. The molecule has 1 aliphatic carbocycles. The van der Waals surface area contributed by atoms with E-state index in [0.29, 0.717) is 32.5 Å². The molecule has 0 bridgehead atoms. The number of ketones is 1. The third-order valence-electron chi connectivity index (χ3n) is 8.14. The smallest absolute Gasteiger partial charge is 0.315 e. The van der Waals surface area contributed by atoms with E-state index in [9.17, 15) is 28.8 Å². The van der Waals surface area contributed by atoms with E-state index in [1.54, 1.807) is 0 Å². The van der Waals surface area contributed by atoms with Crippen molar-refractivity contribution in [1.82, 2.24) is 20.9 Å². The van der Waals surface area contributed by atoms with Gasteiger partial charge < -0.3 is 31.3 Å². The van der Waals surface area contributed by atoms with Crippen molar-refractivity contribution in [2.24, 2.45) is 23.0 Å². The number of primary amides is 1. The first-order valence-electron chi connectivity index (χ1n) is 17.1. The van der Waals surface area contributed by atoms with Gasteiger partial charge >= 0.3 is 6.03 Å². The number of urea groups is 1. The Morgan fingerprint density at radius 2 is 1.50 bits per heavy atom. The maximum atomic E-state index is 13.4. The largest absolute Gasteiger partial charge is 0.463 e. The monoisotopic (exact) mass is 675 g/mol. The van der Waals surface area contributed by atoms with Crippen molar-refractivity contribution in [2.45, 2.75) is 132 Å². The predicted octanol–water partition coefficient (Wildman–Crippen LogP) is 4.49. The van der Waals surface area contributed by atoms with E-state index in [1.807, 2.05) is 85.7 Å². The van der Waals surface area contributed by atoms with Gasteiger partial charge in [-0.1, -0.05) is 105 Å². The standard InChI is InChI=1S/C21H37N5O5.C8H8O2.C5H10.C2H6/c1-11(2)12(3)24-20(31)25-16(21(5,6)7)19(30)26-10-8-9-14(26)18(29)23-13(4)15(27)17(22)28;9-7-10-6-8-4-2-1-3-5-8;1-5-3-2-4-5;1-2/h11-14,16H,8-10H2,1-7H3,(H2,22,28)(H,23,29)(H2,24,25,31);1-5,7H,6H2;5H,2-4H2,1H3;1-2H3/t12?,13?,14-,16?;;;/m0.../s1. The quantitative estimate of drug-likeness (QED) is 0.197. The topological polar surface area (TPSA) is 177 Å². The number of rotatable bonds is 11. The zero-order valence-corrected chi connectivity index (χ0v) is 30.8. The third kappa shape index (κ3) is 16.2. The van der Waals surface area contributed by atoms with E-state index in [4.69, 9.17) is 5.73 Å². The Hall–Kier alpha value is -3.96. The van der Waals surface area contributed by atoms with Gasteiger partial charge in [0, 0.05) is 12.6 Å². The molecule has 4 atom stereocenters. The van der Waals surface area contributed by atoms with Crippen molar-refractivity contribution in [3.63, 3.8) is 0 Å². The Kier molecular flexibility index (Phi) is 20.7. The number of Topliss-reactive ketones (excluding diaryl/α,β-unsaturated/α-hetero) is 1. The lowest BCUT2D eigenvalue weighted by molar-refractivity contribution is -0.143. The second kappa shape index (κ2) is 22.6. The van der Waals surface area contributed by atoms with Gasteiger partial charge in [0.05, 0.1) is 6.04 Å². The number of carbonyl (C=O) groups is 6. The van der Waals surface area contributed by atoms with Gasteiger partial charge in [0.2, 0.25) is 17.6 Å². The molecule has 5 amide bonds. The average Bonchev–Trinajstić information content (AvgIpc) is 3.53. The van der Waals surface area contributed by atoms with E-state index in [-0.39, 0.29) is 17.9 Å². The number of ether oxygens (including phenoxy) is 1. The Morgan fingerprint density at radius 1 is 0.938 bits per heavy atom. The van der Waals surface area contributed by atoms with E-state index in [2.05, 4.69) is 27.6 Å². The molecular formula is C36H61N5O7. The predicted molar refractivity (Wildman–Crippen MR) is 187 cm³/mol. The Morgan fingerprint density at radius 3 is 1.94 bits per heavy atom. The molecule has 0 spiro atoms. The molecule has 12 nitrogen and oxygen atoms in total. The molecule has 1 heterocycles. The van der Waals surface area contributed by atoms with Crippen LogP contribution in [0.1, 0.15) is 107 Å². The maximum Gasteiger partial charge on any atom is 0.315 e. The number of nitrogens with two attached hydrogens (primary N) is 1. The number of carbonyl (C=O) groups excluding carboxylic acids is 6. The van der Waals surface area contributed by atoms with E-state index < -0.39 is 47.2 Å². The highest BCUT2D eigenvalue weighted by atomic mass is 16.5. The van der Waals surface area contributed by atoms with Crippen LogP contribution in [0.3, 0.4) is 0 Å². The molecular weight excluding hydrogens is 614 g/mol. The second-order valence-corrected chi connectivity index (χ2v) is 13.5. The van der Waals surface area contributed by atoms with Crippen LogP contribution in [0.15, 0.2) is 30.3 Å². The van der Waals surface area contributed by atoms with Crippen molar-refractivity contribution in [3.05, 3.63) is 35.9 Å². The van der Waals surface area contributed by atoms with Gasteiger partial charge in [-0.2, -0.15) is 0 Å². The Balaban J connectivity index is 0.00000105. The molecule has 1 aromatic carbocycles. The van der Waals surface area contributed by atoms with Crippen molar-refractivity contribution >= 4 is 36.0 Å². The lowest BCUT2D eigenvalue weighted by Gasteiger charge is -2.36. The molecule has 2 aliphatic rings. The van der Waals surface area contributed by atoms with Gasteiger partial charge in [0.1, 0.15) is 18.7 Å². The zero-order chi connectivity index (χ0) is 37.0. The van der Waals surface area contributed by atoms with Crippen LogP contribution in [0.2, 0.25) is 0 Å². The van der Waals surface area contributed by atoms with E-state index in [0.717, 1.165) is 11.5 Å². The van der Waals surface area contributed by atoms with Crippen LogP contribution >= 0.6 is 0 Å². The minimum atomic E-state index is -1.13. The van der Waals surface area contributed by atoms with Crippen molar-refractivity contribution in [1.29, 1.82) is 0 Å². The van der Waals surface area contributed by atoms with Crippen LogP contribution in [0.5, 0.6) is 0 Å². The van der Waals surface area contributed by atoms with Crippen molar-refractivity contribution < 1.29 is 33.5 Å². The van der Waals surface area contributed by atoms with Gasteiger partial charge in [-0.3, -0.25) is 24.0 Å². The van der Waals surface area contributed by atoms with Crippen LogP contribution < -0.4 is 21.7 Å². The summed E-state index contributed by atoms with van der Waals surface area (Å²) >= 11 is 0. The first-order valence-corrected chi connectivity index (χ1v) is 17.1. The van der Waals surface area contributed by atoms with Gasteiger partial charge in [0.25, 0.3) is 12.4 Å². The average molecular weight is 676 g/mol. The normalized spacial score (nSPS) is 17.1. The van der Waals surface area contributed by atoms with Gasteiger partial charge in [0.15, 0.2) is 0 Å². The van der Waals surface area contributed by atoms with Crippen LogP contribution in [0.25, 0.3) is 0 Å². The minimum Gasteiger partial charge on any atom is -0.463 e. The molecule has 1 aromatic rings. The summed E-state index contributed by atoms with van der Waals surface area (Å²) in [4.78, 5) is 72.5. The summed E-state index contributed by atoms with van der Waals surface area (Å²) in [7, 11) is 0. The highest BCUT2D eigenvalue weighted by Crippen LogP contribution is 2.26. The molecule has 48 heavy (non-hydrogen) atoms. The number of likely N-dealkylation sites (tertiary alicyclic amines) is 1. The highest BCUT2D eigenvalue weighted by Gasteiger charge is 2.42. The summed E-state index contributed by atoms with van der Waals surface area (Å²) in [5.41, 5.74) is 5.38. The van der Waals surface area contributed by atoms with Gasteiger partial charge in [-0.15, -0.1) is 0 Å². The maximum absolute atomic E-state index is 13.4. The Bertz CT molecular complexity index is 1150. The highest BCUT2D eigenvalue weighted by molar-refractivity contribution is 6.37. The summed E-state index contributed by atoms with van der Waals surface area (Å²) in [6.45, 7) is 20.2. The summed E-state index contributed by atoms with van der Waals surface area (Å²) in [6, 6.07) is 6.29. The molecule has 1 aliphatic heterocycles. The van der Waals surface area contributed by atoms with Crippen molar-refractivity contribution in [3.8, 4) is 0 Å². The SMILES string of the molecule is CC.CC(NC(=O)[C@@H]1CCCN1C(=O)C(NC(=O)NC(C)C(C)C)C(C)(C)C)C(=O)C(N)=O.CC1CCC1.O=COCc1ccccc1. The summed E-state index contributed by atoms with van der Waals surface area (Å²) < 4.78 is 4.54. The van der Waals surface area contributed by atoms with Crippen LogP contribution in [-0.4, -0.2) is 71.6 Å². The molecule has 272 valence electrons. The molecule has 0 aromatic heterocycles. The molecule has 3 rings (SSSR count). The fourth-order valence-electron chi connectivity index (χ4n) is 4.57. The number of amides is 5. The molecule has 0 radical (unpaired) electrons. The molecule has 5 N–H and O–H groups in total. The minimum absolute atomic E-state index is 0.0784. The number of hydrogen-bond acceptors (Lipinski definition) is 7. The fourth-order valence-corrected chi connectivity index (χ4v) is 4.57. The summed E-state index contributed by atoms with van der Waals surface area (Å²) in [5, 5.41) is 8.06. The number of nitrogens with zero attached hydrogens (tertiary/aromatic N) is 1.